The molecule has 1 saturated heterocycles. The Balaban J connectivity index is 2.57. The molecule has 1 aromatic rings. The van der Waals surface area contributed by atoms with Gasteiger partial charge in [-0.2, -0.15) is 4.31 Å². The summed E-state index contributed by atoms with van der Waals surface area (Å²) < 4.78 is 31.2. The molecule has 2 rings (SSSR count). The van der Waals surface area contributed by atoms with Crippen LogP contribution in [0, 0.1) is 6.92 Å². The maximum Gasteiger partial charge on any atom is 0.337 e. The number of carbonyl (C=O) groups is 2. The van der Waals surface area contributed by atoms with Gasteiger partial charge in [0.1, 0.15) is 6.04 Å². The molecule has 7 nitrogen and oxygen atoms in total. The van der Waals surface area contributed by atoms with Crippen LogP contribution in [0.1, 0.15) is 28.8 Å². The first-order chi connectivity index (χ1) is 10.7. The van der Waals surface area contributed by atoms with Crippen molar-refractivity contribution in [2.24, 2.45) is 0 Å². The molecular weight excluding hydrogens is 346 g/mol. The van der Waals surface area contributed by atoms with Crippen LogP contribution < -0.4 is 0 Å². The highest BCUT2D eigenvalue weighted by atomic mass is 35.5. The van der Waals surface area contributed by atoms with Crippen molar-refractivity contribution in [3.8, 4) is 0 Å². The van der Waals surface area contributed by atoms with Gasteiger partial charge in [0.25, 0.3) is 0 Å². The van der Waals surface area contributed by atoms with E-state index in [2.05, 4.69) is 4.74 Å². The zero-order valence-corrected chi connectivity index (χ0v) is 14.1. The number of nitrogens with zero attached hydrogens (tertiary/aromatic N) is 1. The third-order valence-electron chi connectivity index (χ3n) is 3.79. The van der Waals surface area contributed by atoms with E-state index in [1.54, 1.807) is 0 Å². The number of hydrogen-bond acceptors (Lipinski definition) is 5. The smallest absolute Gasteiger partial charge is 0.337 e. The molecule has 1 aliphatic heterocycles. The number of carboxylic acid groups (broad SMARTS) is 1. The Hall–Kier alpha value is -1.64. The van der Waals surface area contributed by atoms with E-state index in [1.165, 1.54) is 26.2 Å². The summed E-state index contributed by atoms with van der Waals surface area (Å²) in [6, 6.07) is 1.37. The van der Waals surface area contributed by atoms with Crippen molar-refractivity contribution in [3.05, 3.63) is 28.3 Å². The van der Waals surface area contributed by atoms with Crippen LogP contribution in [0.4, 0.5) is 0 Å². The van der Waals surface area contributed by atoms with Gasteiger partial charge in [0.15, 0.2) is 0 Å². The molecule has 23 heavy (non-hydrogen) atoms. The number of esters is 1. The highest BCUT2D eigenvalue weighted by Gasteiger charge is 2.40. The fourth-order valence-electron chi connectivity index (χ4n) is 2.56. The standard InChI is InChI=1S/C14H16ClNO6S/c1-8-10(15)6-9(14(19)22-2)7-12(8)23(20,21)16-5-3-4-11(16)13(17)18/h6-7,11H,3-5H2,1-2H3,(H,17,18)/t11-/m1/s1. The van der Waals surface area contributed by atoms with Gasteiger partial charge in [-0.25, -0.2) is 13.2 Å². The van der Waals surface area contributed by atoms with E-state index in [0.717, 1.165) is 4.31 Å². The molecule has 0 aliphatic carbocycles. The van der Waals surface area contributed by atoms with E-state index < -0.39 is 28.0 Å². The third-order valence-corrected chi connectivity index (χ3v) is 6.22. The van der Waals surface area contributed by atoms with Crippen molar-refractivity contribution in [2.45, 2.75) is 30.7 Å². The second kappa shape index (κ2) is 6.46. The van der Waals surface area contributed by atoms with Gasteiger partial charge in [-0.1, -0.05) is 11.6 Å². The number of carboxylic acids is 1. The van der Waals surface area contributed by atoms with E-state index in [0.29, 0.717) is 6.42 Å². The lowest BCUT2D eigenvalue weighted by Gasteiger charge is -2.22. The predicted molar refractivity (Wildman–Crippen MR) is 82.1 cm³/mol. The van der Waals surface area contributed by atoms with Crippen LogP contribution in [0.25, 0.3) is 0 Å². The van der Waals surface area contributed by atoms with Crippen molar-refractivity contribution in [1.82, 2.24) is 4.31 Å². The van der Waals surface area contributed by atoms with Gasteiger partial charge in [0.05, 0.1) is 17.6 Å². The number of sulfonamides is 1. The van der Waals surface area contributed by atoms with E-state index in [1.807, 2.05) is 0 Å². The average molecular weight is 362 g/mol. The normalized spacial score (nSPS) is 18.8. The predicted octanol–water partition coefficient (Wildman–Crippen LogP) is 1.67. The number of rotatable bonds is 4. The maximum atomic E-state index is 12.8. The van der Waals surface area contributed by atoms with Crippen LogP contribution in [0.15, 0.2) is 17.0 Å². The van der Waals surface area contributed by atoms with Gasteiger partial charge < -0.3 is 9.84 Å². The molecule has 9 heteroatoms. The number of halogens is 1. The fourth-order valence-corrected chi connectivity index (χ4v) is 4.76. The highest BCUT2D eigenvalue weighted by Crippen LogP contribution is 2.32. The number of hydrogen-bond donors (Lipinski definition) is 1. The zero-order chi connectivity index (χ0) is 17.4. The average Bonchev–Trinajstić information content (AvgIpc) is 2.99. The quantitative estimate of drug-likeness (QED) is 0.819. The molecule has 0 radical (unpaired) electrons. The fraction of sp³-hybridized carbons (Fsp3) is 0.429. The van der Waals surface area contributed by atoms with Crippen LogP contribution in [0.3, 0.4) is 0 Å². The van der Waals surface area contributed by atoms with Crippen molar-refractivity contribution in [3.63, 3.8) is 0 Å². The summed E-state index contributed by atoms with van der Waals surface area (Å²) in [5.74, 6) is -1.92. The van der Waals surface area contributed by atoms with Crippen LogP contribution in [-0.4, -0.2) is 49.5 Å². The first-order valence-electron chi connectivity index (χ1n) is 6.83. The summed E-state index contributed by atoms with van der Waals surface area (Å²) in [6.45, 7) is 1.61. The Morgan fingerprint density at radius 3 is 2.61 bits per heavy atom. The molecule has 0 aromatic heterocycles. The van der Waals surface area contributed by atoms with Crippen LogP contribution >= 0.6 is 11.6 Å². The minimum Gasteiger partial charge on any atom is -0.480 e. The number of ether oxygens (including phenoxy) is 1. The van der Waals surface area contributed by atoms with Crippen molar-refractivity contribution in [2.75, 3.05) is 13.7 Å². The Kier molecular flexibility index (Phi) is 4.98. The molecule has 1 fully saturated rings. The Labute approximate surface area is 138 Å². The number of aliphatic carboxylic acids is 1. The molecule has 1 aliphatic rings. The number of benzene rings is 1. The second-order valence-corrected chi connectivity index (χ2v) is 7.45. The van der Waals surface area contributed by atoms with Gasteiger partial charge in [0, 0.05) is 11.6 Å². The molecule has 0 spiro atoms. The molecule has 0 saturated carbocycles. The van der Waals surface area contributed by atoms with Crippen molar-refractivity contribution < 1.29 is 27.9 Å². The lowest BCUT2D eigenvalue weighted by atomic mass is 10.1. The lowest BCUT2D eigenvalue weighted by Crippen LogP contribution is -2.40. The molecule has 0 amide bonds. The zero-order valence-electron chi connectivity index (χ0n) is 12.6. The van der Waals surface area contributed by atoms with Crippen molar-refractivity contribution >= 4 is 33.6 Å². The lowest BCUT2D eigenvalue weighted by molar-refractivity contribution is -0.140. The van der Waals surface area contributed by atoms with E-state index in [4.69, 9.17) is 11.6 Å². The summed E-state index contributed by atoms with van der Waals surface area (Å²) in [5, 5.41) is 9.29. The number of carbonyl (C=O) groups excluding carboxylic acids is 1. The summed E-state index contributed by atoms with van der Waals surface area (Å²) in [4.78, 5) is 22.7. The Morgan fingerprint density at radius 1 is 1.39 bits per heavy atom. The number of methoxy groups -OCH3 is 1. The van der Waals surface area contributed by atoms with Gasteiger partial charge >= 0.3 is 11.9 Å². The van der Waals surface area contributed by atoms with Crippen LogP contribution in [0.2, 0.25) is 5.02 Å². The minimum atomic E-state index is -4.09. The topological polar surface area (TPSA) is 101 Å². The molecular formula is C14H16ClNO6S. The summed E-state index contributed by atoms with van der Waals surface area (Å²) in [5.41, 5.74) is 0.253. The van der Waals surface area contributed by atoms with E-state index in [9.17, 15) is 23.1 Å². The SMILES string of the molecule is COC(=O)c1cc(Cl)c(C)c(S(=O)(=O)N2CCC[C@@H]2C(=O)O)c1. The molecule has 0 bridgehead atoms. The van der Waals surface area contributed by atoms with Crippen molar-refractivity contribution in [1.29, 1.82) is 0 Å². The first-order valence-corrected chi connectivity index (χ1v) is 8.65. The Bertz CT molecular complexity index is 761. The van der Waals surface area contributed by atoms with Gasteiger partial charge in [0.2, 0.25) is 10.0 Å². The van der Waals surface area contributed by atoms with E-state index in [-0.39, 0.29) is 34.0 Å². The molecule has 1 heterocycles. The van der Waals surface area contributed by atoms with Gasteiger partial charge in [-0.3, -0.25) is 4.79 Å². The minimum absolute atomic E-state index is 0.00672. The molecule has 0 unspecified atom stereocenters. The monoisotopic (exact) mass is 361 g/mol. The second-order valence-electron chi connectivity index (χ2n) is 5.18. The first kappa shape index (κ1) is 17.7. The molecule has 1 aromatic carbocycles. The molecule has 126 valence electrons. The largest absolute Gasteiger partial charge is 0.480 e. The highest BCUT2D eigenvalue weighted by molar-refractivity contribution is 7.89. The molecule has 1 N–H and O–H groups in total. The molecule has 1 atom stereocenters. The third kappa shape index (κ3) is 3.19. The van der Waals surface area contributed by atoms with E-state index >= 15 is 0 Å². The van der Waals surface area contributed by atoms with Gasteiger partial charge in [-0.05, 0) is 37.5 Å². The van der Waals surface area contributed by atoms with Gasteiger partial charge in [-0.15, -0.1) is 0 Å². The summed E-state index contributed by atoms with van der Waals surface area (Å²) >= 11 is 6.02. The summed E-state index contributed by atoms with van der Waals surface area (Å²) in [7, 11) is -2.92. The maximum absolute atomic E-state index is 12.8. The Morgan fingerprint density at radius 2 is 2.04 bits per heavy atom. The summed E-state index contributed by atoms with van der Waals surface area (Å²) in [6.07, 6.45) is 0.706. The van der Waals surface area contributed by atoms with Crippen LogP contribution in [0.5, 0.6) is 0 Å². The van der Waals surface area contributed by atoms with Crippen LogP contribution in [-0.2, 0) is 19.6 Å².